The van der Waals surface area contributed by atoms with Gasteiger partial charge in [-0.25, -0.2) is 4.98 Å². The van der Waals surface area contributed by atoms with Crippen LogP contribution in [0.2, 0.25) is 0 Å². The van der Waals surface area contributed by atoms with E-state index in [0.29, 0.717) is 5.82 Å². The Morgan fingerprint density at radius 2 is 1.85 bits per heavy atom. The van der Waals surface area contributed by atoms with Crippen molar-refractivity contribution in [3.05, 3.63) is 66.0 Å². The molecule has 0 bridgehead atoms. The van der Waals surface area contributed by atoms with E-state index in [1.807, 2.05) is 31.3 Å². The number of pyridine rings is 2. The standard InChI is InChI=1S/C16H16N4/c1-18-15(13-5-3-9-20-16(13)17)12-6-7-14-11(10-12)4-2-8-19-14/h2-10,15,18H,1H3,(H2,17,20). The minimum absolute atomic E-state index is 0.0216. The van der Waals surface area contributed by atoms with Crippen LogP contribution in [-0.4, -0.2) is 17.0 Å². The van der Waals surface area contributed by atoms with Gasteiger partial charge in [-0.3, -0.25) is 4.98 Å². The Morgan fingerprint density at radius 3 is 2.65 bits per heavy atom. The van der Waals surface area contributed by atoms with Crippen LogP contribution in [0.4, 0.5) is 5.82 Å². The summed E-state index contributed by atoms with van der Waals surface area (Å²) in [5.41, 5.74) is 9.11. The van der Waals surface area contributed by atoms with Crippen molar-refractivity contribution < 1.29 is 0 Å². The first kappa shape index (κ1) is 12.6. The fourth-order valence-corrected chi connectivity index (χ4v) is 2.45. The van der Waals surface area contributed by atoms with Crippen LogP contribution in [0.15, 0.2) is 54.9 Å². The fourth-order valence-electron chi connectivity index (χ4n) is 2.45. The number of nitrogens with zero attached hydrogens (tertiary/aromatic N) is 2. The third-order valence-corrected chi connectivity index (χ3v) is 3.43. The van der Waals surface area contributed by atoms with E-state index >= 15 is 0 Å². The van der Waals surface area contributed by atoms with E-state index < -0.39 is 0 Å². The number of hydrogen-bond donors (Lipinski definition) is 2. The highest BCUT2D eigenvalue weighted by Crippen LogP contribution is 2.27. The molecule has 4 heteroatoms. The Morgan fingerprint density at radius 1 is 1.05 bits per heavy atom. The van der Waals surface area contributed by atoms with Gasteiger partial charge in [0.2, 0.25) is 0 Å². The van der Waals surface area contributed by atoms with Crippen LogP contribution in [0.1, 0.15) is 17.2 Å². The first-order valence-corrected chi connectivity index (χ1v) is 6.52. The normalized spacial score (nSPS) is 12.4. The van der Waals surface area contributed by atoms with Crippen molar-refractivity contribution in [2.75, 3.05) is 12.8 Å². The maximum Gasteiger partial charge on any atom is 0.128 e. The highest BCUT2D eigenvalue weighted by atomic mass is 14.9. The molecule has 0 aliphatic rings. The van der Waals surface area contributed by atoms with E-state index in [0.717, 1.165) is 22.0 Å². The van der Waals surface area contributed by atoms with Crippen LogP contribution in [0.25, 0.3) is 10.9 Å². The van der Waals surface area contributed by atoms with E-state index in [-0.39, 0.29) is 6.04 Å². The molecule has 1 aromatic carbocycles. The summed E-state index contributed by atoms with van der Waals surface area (Å²) in [7, 11) is 1.92. The average Bonchev–Trinajstić information content (AvgIpc) is 2.50. The zero-order chi connectivity index (χ0) is 13.9. The molecule has 3 rings (SSSR count). The summed E-state index contributed by atoms with van der Waals surface area (Å²) in [6.45, 7) is 0. The average molecular weight is 264 g/mol. The SMILES string of the molecule is CNC(c1ccc2ncccc2c1)c1cccnc1N. The van der Waals surface area contributed by atoms with Gasteiger partial charge in [-0.15, -0.1) is 0 Å². The molecule has 0 saturated heterocycles. The van der Waals surface area contributed by atoms with Gasteiger partial charge in [-0.2, -0.15) is 0 Å². The number of benzene rings is 1. The molecular formula is C16H16N4. The van der Waals surface area contributed by atoms with Crippen molar-refractivity contribution in [3.63, 3.8) is 0 Å². The highest BCUT2D eigenvalue weighted by Gasteiger charge is 2.15. The lowest BCUT2D eigenvalue weighted by molar-refractivity contribution is 0.692. The van der Waals surface area contributed by atoms with Crippen LogP contribution in [0, 0.1) is 0 Å². The van der Waals surface area contributed by atoms with Crippen LogP contribution in [-0.2, 0) is 0 Å². The number of nitrogen functional groups attached to an aromatic ring is 1. The zero-order valence-corrected chi connectivity index (χ0v) is 11.2. The maximum absolute atomic E-state index is 5.98. The van der Waals surface area contributed by atoms with Crippen LogP contribution in [0.5, 0.6) is 0 Å². The summed E-state index contributed by atoms with van der Waals surface area (Å²) in [5, 5.41) is 4.42. The monoisotopic (exact) mass is 264 g/mol. The number of anilines is 1. The Hall–Kier alpha value is -2.46. The summed E-state index contributed by atoms with van der Waals surface area (Å²) in [6.07, 6.45) is 3.51. The van der Waals surface area contributed by atoms with E-state index in [1.54, 1.807) is 12.4 Å². The number of aromatic nitrogens is 2. The van der Waals surface area contributed by atoms with Gasteiger partial charge in [-0.05, 0) is 36.9 Å². The second-order valence-electron chi connectivity index (χ2n) is 4.66. The largest absolute Gasteiger partial charge is 0.383 e. The predicted molar refractivity (Wildman–Crippen MR) is 81.3 cm³/mol. The second-order valence-corrected chi connectivity index (χ2v) is 4.66. The molecule has 0 radical (unpaired) electrons. The number of fused-ring (bicyclic) bond motifs is 1. The van der Waals surface area contributed by atoms with Gasteiger partial charge in [0.25, 0.3) is 0 Å². The summed E-state index contributed by atoms with van der Waals surface area (Å²) >= 11 is 0. The molecular weight excluding hydrogens is 248 g/mol. The van der Waals surface area contributed by atoms with Crippen LogP contribution in [0.3, 0.4) is 0 Å². The quantitative estimate of drug-likeness (QED) is 0.763. The minimum atomic E-state index is 0.0216. The Kier molecular flexibility index (Phi) is 3.31. The van der Waals surface area contributed by atoms with Gasteiger partial charge in [-0.1, -0.05) is 18.2 Å². The van der Waals surface area contributed by atoms with Crippen molar-refractivity contribution in [2.24, 2.45) is 0 Å². The minimum Gasteiger partial charge on any atom is -0.383 e. The summed E-state index contributed by atoms with van der Waals surface area (Å²) in [5.74, 6) is 0.554. The molecule has 0 aliphatic carbocycles. The molecule has 1 atom stereocenters. The lowest BCUT2D eigenvalue weighted by Gasteiger charge is -2.18. The first-order valence-electron chi connectivity index (χ1n) is 6.52. The highest BCUT2D eigenvalue weighted by molar-refractivity contribution is 5.79. The molecule has 0 fully saturated rings. The first-order chi connectivity index (χ1) is 9.79. The Balaban J connectivity index is 2.10. The Bertz CT molecular complexity index is 739. The third-order valence-electron chi connectivity index (χ3n) is 3.43. The van der Waals surface area contributed by atoms with Gasteiger partial charge in [0.15, 0.2) is 0 Å². The molecule has 2 aromatic heterocycles. The molecule has 0 saturated carbocycles. The number of rotatable bonds is 3. The van der Waals surface area contributed by atoms with Crippen molar-refractivity contribution in [1.29, 1.82) is 0 Å². The topological polar surface area (TPSA) is 63.8 Å². The molecule has 0 spiro atoms. The number of nitrogens with two attached hydrogens (primary N) is 1. The molecule has 1 unspecified atom stereocenters. The van der Waals surface area contributed by atoms with E-state index in [9.17, 15) is 0 Å². The second kappa shape index (κ2) is 5.27. The molecule has 20 heavy (non-hydrogen) atoms. The summed E-state index contributed by atoms with van der Waals surface area (Å²) < 4.78 is 0. The van der Waals surface area contributed by atoms with Gasteiger partial charge in [0.05, 0.1) is 11.6 Å². The fraction of sp³-hybridized carbons (Fsp3) is 0.125. The molecule has 2 heterocycles. The van der Waals surface area contributed by atoms with Gasteiger partial charge >= 0.3 is 0 Å². The molecule has 0 amide bonds. The van der Waals surface area contributed by atoms with Crippen molar-refractivity contribution >= 4 is 16.7 Å². The Labute approximate surface area is 117 Å². The van der Waals surface area contributed by atoms with Crippen molar-refractivity contribution in [2.45, 2.75) is 6.04 Å². The third kappa shape index (κ3) is 2.21. The van der Waals surface area contributed by atoms with E-state index in [1.165, 1.54) is 0 Å². The van der Waals surface area contributed by atoms with Crippen molar-refractivity contribution in [1.82, 2.24) is 15.3 Å². The van der Waals surface area contributed by atoms with E-state index in [2.05, 4.69) is 33.5 Å². The van der Waals surface area contributed by atoms with E-state index in [4.69, 9.17) is 5.73 Å². The van der Waals surface area contributed by atoms with Gasteiger partial charge < -0.3 is 11.1 Å². The number of hydrogen-bond acceptors (Lipinski definition) is 4. The molecule has 3 aromatic rings. The molecule has 3 N–H and O–H groups in total. The smallest absolute Gasteiger partial charge is 0.128 e. The van der Waals surface area contributed by atoms with Crippen LogP contribution < -0.4 is 11.1 Å². The zero-order valence-electron chi connectivity index (χ0n) is 11.2. The maximum atomic E-state index is 5.98. The molecule has 0 aliphatic heterocycles. The molecule has 4 nitrogen and oxygen atoms in total. The molecule has 100 valence electrons. The summed E-state index contributed by atoms with van der Waals surface area (Å²) in [6, 6.07) is 14.2. The van der Waals surface area contributed by atoms with Crippen molar-refractivity contribution in [3.8, 4) is 0 Å². The lowest BCUT2D eigenvalue weighted by Crippen LogP contribution is -2.19. The number of nitrogens with one attached hydrogen (secondary N) is 1. The van der Waals surface area contributed by atoms with Crippen LogP contribution >= 0.6 is 0 Å². The van der Waals surface area contributed by atoms with Gasteiger partial charge in [0, 0.05) is 23.3 Å². The van der Waals surface area contributed by atoms with Gasteiger partial charge in [0.1, 0.15) is 5.82 Å². The summed E-state index contributed by atoms with van der Waals surface area (Å²) in [4.78, 5) is 8.50. The lowest BCUT2D eigenvalue weighted by atomic mass is 9.98. The predicted octanol–water partition coefficient (Wildman–Crippen LogP) is 2.52.